The molecule has 2 N–H and O–H groups in total. The molecule has 0 aromatic rings. The summed E-state index contributed by atoms with van der Waals surface area (Å²) in [7, 11) is 1.23. The molecule has 0 saturated heterocycles. The SMILES string of the molecule is CC/C=C\C/C=C\C/C=C\C/C=C\CCCCCCCCCCCCCCCCCCCCC(=O)NC(COP(=O)([O-])OCC[N+](C)(C)C)C(O)/C=C/CC/C=C/CC/C=C/CCC. The van der Waals surface area contributed by atoms with Gasteiger partial charge in [-0.2, -0.15) is 0 Å². The van der Waals surface area contributed by atoms with E-state index in [2.05, 4.69) is 92.1 Å². The second kappa shape index (κ2) is 45.8. The summed E-state index contributed by atoms with van der Waals surface area (Å²) in [6, 6.07) is -0.911. The minimum atomic E-state index is -4.60. The number of rotatable bonds is 46. The quantitative estimate of drug-likeness (QED) is 0.0273. The number of aliphatic hydroxyl groups excluding tert-OH is 1. The second-order valence-corrected chi connectivity index (χ2v) is 19.9. The van der Waals surface area contributed by atoms with Crippen LogP contribution < -0.4 is 10.2 Å². The number of carbonyl (C=O) groups excluding carboxylic acids is 1. The third-order valence-electron chi connectivity index (χ3n) is 11.0. The van der Waals surface area contributed by atoms with Crippen LogP contribution in [0.5, 0.6) is 0 Å². The lowest BCUT2D eigenvalue weighted by atomic mass is 10.0. The van der Waals surface area contributed by atoms with Crippen LogP contribution >= 0.6 is 7.82 Å². The predicted molar refractivity (Wildman–Crippen MR) is 274 cm³/mol. The molecule has 0 rings (SSSR count). The van der Waals surface area contributed by atoms with E-state index in [4.69, 9.17) is 9.05 Å². The fourth-order valence-corrected chi connectivity index (χ4v) is 7.73. The number of nitrogens with zero attached hydrogens (tertiary/aromatic N) is 1. The van der Waals surface area contributed by atoms with Crippen molar-refractivity contribution in [2.24, 2.45) is 0 Å². The van der Waals surface area contributed by atoms with Crippen LogP contribution in [0.15, 0.2) is 85.1 Å². The molecule has 0 aliphatic rings. The van der Waals surface area contributed by atoms with Crippen LogP contribution in [0.25, 0.3) is 0 Å². The van der Waals surface area contributed by atoms with Gasteiger partial charge in [0.15, 0.2) is 0 Å². The minimum absolute atomic E-state index is 0.0115. The second-order valence-electron chi connectivity index (χ2n) is 18.5. The van der Waals surface area contributed by atoms with Gasteiger partial charge in [0.05, 0.1) is 39.9 Å². The number of likely N-dealkylation sites (N-methyl/N-ethyl adjacent to an activating group) is 1. The van der Waals surface area contributed by atoms with Crippen molar-refractivity contribution in [1.82, 2.24) is 5.32 Å². The van der Waals surface area contributed by atoms with Gasteiger partial charge in [-0.3, -0.25) is 9.36 Å². The summed E-state index contributed by atoms with van der Waals surface area (Å²) in [6.45, 7) is 4.42. The molecule has 370 valence electrons. The highest BCUT2D eigenvalue weighted by atomic mass is 31.2. The van der Waals surface area contributed by atoms with Gasteiger partial charge in [-0.25, -0.2) is 0 Å². The van der Waals surface area contributed by atoms with Gasteiger partial charge in [-0.15, -0.1) is 0 Å². The first-order chi connectivity index (χ1) is 31.0. The molecular weight excluding hydrogens is 816 g/mol. The highest BCUT2D eigenvalue weighted by Gasteiger charge is 2.23. The third kappa shape index (κ3) is 47.6. The van der Waals surface area contributed by atoms with Crippen LogP contribution in [0, 0.1) is 0 Å². The molecule has 0 bridgehead atoms. The Balaban J connectivity index is 4.07. The smallest absolute Gasteiger partial charge is 0.268 e. The normalized spacial score (nSPS) is 14.8. The maximum Gasteiger partial charge on any atom is 0.268 e. The Bertz CT molecular complexity index is 1310. The monoisotopic (exact) mass is 915 g/mol. The summed E-state index contributed by atoms with van der Waals surface area (Å²) in [5.74, 6) is -0.215. The molecule has 1 amide bonds. The fourth-order valence-electron chi connectivity index (χ4n) is 7.01. The third-order valence-corrected chi connectivity index (χ3v) is 12.0. The lowest BCUT2D eigenvalue weighted by Gasteiger charge is -2.29. The van der Waals surface area contributed by atoms with Crippen LogP contribution in [0.4, 0.5) is 0 Å². The van der Waals surface area contributed by atoms with Gasteiger partial charge in [0, 0.05) is 6.42 Å². The lowest BCUT2D eigenvalue weighted by Crippen LogP contribution is -2.45. The number of hydrogen-bond donors (Lipinski definition) is 2. The number of hydrogen-bond acceptors (Lipinski definition) is 6. The maximum absolute atomic E-state index is 12.9. The van der Waals surface area contributed by atoms with Gasteiger partial charge in [0.2, 0.25) is 5.91 Å². The van der Waals surface area contributed by atoms with Crippen LogP contribution in [0.1, 0.15) is 206 Å². The average molecular weight is 915 g/mol. The topological polar surface area (TPSA) is 108 Å². The van der Waals surface area contributed by atoms with Crippen molar-refractivity contribution >= 4 is 13.7 Å². The highest BCUT2D eigenvalue weighted by Crippen LogP contribution is 2.38. The van der Waals surface area contributed by atoms with Gasteiger partial charge in [-0.1, -0.05) is 208 Å². The van der Waals surface area contributed by atoms with Gasteiger partial charge >= 0.3 is 0 Å². The standard InChI is InChI=1S/C55H99N2O6P/c1-6-8-10-12-14-16-18-19-20-21-22-23-24-25-26-27-28-29-30-31-32-33-34-35-36-37-39-41-43-45-47-49-55(59)56-53(52-63-64(60,61)62-51-50-57(3,4)5)54(58)48-46-44-42-40-38-17-15-13-11-9-7-2/h8,10-11,13-14,16,19-20,22-23,38,40,46,48,53-54,58H,6-7,9,12,15,17-18,21,24-37,39,41-45,47,49-52H2,1-5H3,(H-,56,59,60,61)/b10-8-,13-11+,16-14-,20-19-,23-22-,40-38+,48-46+. The van der Waals surface area contributed by atoms with Crippen LogP contribution in [0.2, 0.25) is 0 Å². The van der Waals surface area contributed by atoms with E-state index in [1.807, 2.05) is 27.2 Å². The highest BCUT2D eigenvalue weighted by molar-refractivity contribution is 7.45. The molecule has 64 heavy (non-hydrogen) atoms. The fraction of sp³-hybridized carbons (Fsp3) is 0.727. The summed E-state index contributed by atoms with van der Waals surface area (Å²) in [6.07, 6.45) is 63.8. The molecule has 0 fully saturated rings. The van der Waals surface area contributed by atoms with Crippen LogP contribution in [-0.2, 0) is 18.4 Å². The number of amides is 1. The zero-order valence-corrected chi connectivity index (χ0v) is 42.8. The predicted octanol–water partition coefficient (Wildman–Crippen LogP) is 14.7. The Morgan fingerprint density at radius 2 is 0.969 bits per heavy atom. The molecule has 8 nitrogen and oxygen atoms in total. The molecule has 0 aliphatic heterocycles. The molecule has 9 heteroatoms. The maximum atomic E-state index is 12.9. The van der Waals surface area contributed by atoms with E-state index in [0.29, 0.717) is 17.4 Å². The van der Waals surface area contributed by atoms with Gasteiger partial charge in [0.25, 0.3) is 7.82 Å². The Morgan fingerprint density at radius 3 is 1.44 bits per heavy atom. The molecule has 3 atom stereocenters. The van der Waals surface area contributed by atoms with Crippen molar-refractivity contribution in [3.05, 3.63) is 85.1 Å². The van der Waals surface area contributed by atoms with Crippen molar-refractivity contribution in [1.29, 1.82) is 0 Å². The van der Waals surface area contributed by atoms with E-state index in [1.165, 1.54) is 109 Å². The zero-order chi connectivity index (χ0) is 47.1. The van der Waals surface area contributed by atoms with E-state index >= 15 is 0 Å². The Hall–Kier alpha value is -2.32. The van der Waals surface area contributed by atoms with Gasteiger partial charge in [-0.05, 0) is 77.0 Å². The van der Waals surface area contributed by atoms with E-state index in [-0.39, 0.29) is 12.5 Å². The average Bonchev–Trinajstić information content (AvgIpc) is 3.25. The summed E-state index contributed by atoms with van der Waals surface area (Å²) < 4.78 is 23.2. The first-order valence-corrected chi connectivity index (χ1v) is 27.4. The number of carbonyl (C=O) groups is 1. The van der Waals surface area contributed by atoms with Crippen LogP contribution in [0.3, 0.4) is 0 Å². The first kappa shape index (κ1) is 61.7. The Morgan fingerprint density at radius 1 is 0.562 bits per heavy atom. The van der Waals surface area contributed by atoms with Gasteiger partial charge in [0.1, 0.15) is 13.2 Å². The Kier molecular flexibility index (Phi) is 44.2. The molecule has 0 heterocycles. The van der Waals surface area contributed by atoms with E-state index in [1.54, 1.807) is 6.08 Å². The molecule has 0 aromatic heterocycles. The van der Waals surface area contributed by atoms with Crippen LogP contribution in [-0.4, -0.2) is 68.5 Å². The number of quaternary nitrogens is 1. The molecule has 3 unspecified atom stereocenters. The number of allylic oxidation sites excluding steroid dienone is 13. The van der Waals surface area contributed by atoms with Gasteiger partial charge < -0.3 is 28.8 Å². The van der Waals surface area contributed by atoms with E-state index < -0.39 is 26.6 Å². The van der Waals surface area contributed by atoms with Crippen molar-refractivity contribution in [3.63, 3.8) is 0 Å². The lowest BCUT2D eigenvalue weighted by molar-refractivity contribution is -0.870. The largest absolute Gasteiger partial charge is 0.756 e. The minimum Gasteiger partial charge on any atom is -0.756 e. The zero-order valence-electron chi connectivity index (χ0n) is 42.0. The number of aliphatic hydroxyl groups is 1. The molecule has 0 spiro atoms. The Labute approximate surface area is 395 Å². The number of phosphoric ester groups is 1. The number of nitrogens with one attached hydrogen (secondary N) is 1. The summed E-state index contributed by atoms with van der Waals surface area (Å²) >= 11 is 0. The summed E-state index contributed by atoms with van der Waals surface area (Å²) in [5, 5.41) is 13.7. The van der Waals surface area contributed by atoms with Crippen molar-refractivity contribution in [2.45, 2.75) is 219 Å². The number of unbranched alkanes of at least 4 members (excludes halogenated alkanes) is 21. The van der Waals surface area contributed by atoms with Crippen molar-refractivity contribution in [3.8, 4) is 0 Å². The molecule has 0 aromatic carbocycles. The summed E-state index contributed by atoms with van der Waals surface area (Å²) in [4.78, 5) is 25.3. The van der Waals surface area contributed by atoms with E-state index in [9.17, 15) is 19.4 Å². The van der Waals surface area contributed by atoms with E-state index in [0.717, 1.165) is 77.0 Å². The molecule has 0 radical (unpaired) electrons. The molecular formula is C55H99N2O6P. The first-order valence-electron chi connectivity index (χ1n) is 25.9. The van der Waals surface area contributed by atoms with Crippen molar-refractivity contribution < 1.29 is 32.9 Å². The summed E-state index contributed by atoms with van der Waals surface area (Å²) in [5.41, 5.74) is 0. The molecule has 0 aliphatic carbocycles. The molecule has 0 saturated carbocycles. The number of phosphoric acid groups is 1. The van der Waals surface area contributed by atoms with Crippen molar-refractivity contribution in [2.75, 3.05) is 40.9 Å².